The van der Waals surface area contributed by atoms with E-state index in [1.807, 2.05) is 36.4 Å². The maximum absolute atomic E-state index is 11.9. The third kappa shape index (κ3) is 4.90. The van der Waals surface area contributed by atoms with Gasteiger partial charge in [-0.05, 0) is 30.3 Å². The van der Waals surface area contributed by atoms with Crippen LogP contribution >= 0.6 is 0 Å². The summed E-state index contributed by atoms with van der Waals surface area (Å²) in [6.07, 6.45) is 3.94. The number of ether oxygens (including phenoxy) is 1. The summed E-state index contributed by atoms with van der Waals surface area (Å²) in [6, 6.07) is 19.9. The average Bonchev–Trinajstić information content (AvgIpc) is 2.65. The second kappa shape index (κ2) is 8.26. The predicted molar refractivity (Wildman–Crippen MR) is 94.9 cm³/mol. The summed E-state index contributed by atoms with van der Waals surface area (Å²) < 4.78 is 5.77. The van der Waals surface area contributed by atoms with Crippen molar-refractivity contribution in [1.29, 1.82) is 0 Å². The molecule has 0 bridgehead atoms. The Balaban J connectivity index is 1.62. The molecule has 0 aliphatic rings. The molecule has 0 atom stereocenters. The fraction of sp³-hybridized carbons (Fsp3) is 0. The van der Waals surface area contributed by atoms with E-state index >= 15 is 0 Å². The van der Waals surface area contributed by atoms with Crippen molar-refractivity contribution >= 4 is 18.0 Å². The van der Waals surface area contributed by atoms with Gasteiger partial charge in [-0.25, -0.2) is 4.79 Å². The smallest absolute Gasteiger partial charge is 0.437 e. The number of hydrogen-bond acceptors (Lipinski definition) is 5. The lowest BCUT2D eigenvalue weighted by molar-refractivity contribution is 0.167. The van der Waals surface area contributed by atoms with Gasteiger partial charge in [0.25, 0.3) is 0 Å². The van der Waals surface area contributed by atoms with Gasteiger partial charge in [0.1, 0.15) is 5.75 Å². The van der Waals surface area contributed by atoms with Crippen molar-refractivity contribution in [2.45, 2.75) is 0 Å². The number of nitrogens with zero attached hydrogens (tertiary/aromatic N) is 2. The first kappa shape index (κ1) is 16.2. The quantitative estimate of drug-likeness (QED) is 0.425. The summed E-state index contributed by atoms with van der Waals surface area (Å²) in [6.45, 7) is 0. The maximum atomic E-state index is 11.9. The molecule has 0 saturated heterocycles. The number of rotatable bonds is 5. The molecule has 6 nitrogen and oxygen atoms in total. The molecular weight excluding hydrogens is 318 g/mol. The van der Waals surface area contributed by atoms with E-state index in [1.54, 1.807) is 42.7 Å². The number of benzene rings is 2. The van der Waals surface area contributed by atoms with E-state index in [9.17, 15) is 4.79 Å². The summed E-state index contributed by atoms with van der Waals surface area (Å²) in [5.74, 6) is 1.17. The van der Waals surface area contributed by atoms with E-state index in [0.29, 0.717) is 17.2 Å². The van der Waals surface area contributed by atoms with E-state index in [4.69, 9.17) is 9.57 Å². The zero-order valence-corrected chi connectivity index (χ0v) is 13.2. The minimum absolute atomic E-state index is 0.480. The van der Waals surface area contributed by atoms with Gasteiger partial charge in [-0.3, -0.25) is 15.1 Å². The SMILES string of the molecule is O=C(Nc1ccccc1Oc1ccccc1)O/N=C/c1cccnc1. The van der Waals surface area contributed by atoms with Crippen LogP contribution in [-0.2, 0) is 4.84 Å². The van der Waals surface area contributed by atoms with Gasteiger partial charge in [0.2, 0.25) is 0 Å². The van der Waals surface area contributed by atoms with Crippen molar-refractivity contribution in [2.24, 2.45) is 5.16 Å². The second-order valence-corrected chi connectivity index (χ2v) is 4.94. The number of anilines is 1. The number of hydrogen-bond donors (Lipinski definition) is 1. The minimum Gasteiger partial charge on any atom is -0.455 e. The fourth-order valence-corrected chi connectivity index (χ4v) is 1.99. The lowest BCUT2D eigenvalue weighted by Gasteiger charge is -2.11. The normalized spacial score (nSPS) is 10.4. The first-order valence-corrected chi connectivity index (χ1v) is 7.54. The molecular formula is C19H15N3O3. The van der Waals surface area contributed by atoms with Crippen LogP contribution in [0.2, 0.25) is 0 Å². The molecule has 124 valence electrons. The molecule has 2 aromatic carbocycles. The van der Waals surface area contributed by atoms with Gasteiger partial charge in [-0.2, -0.15) is 0 Å². The summed E-state index contributed by atoms with van der Waals surface area (Å²) in [5.41, 5.74) is 1.20. The maximum Gasteiger partial charge on any atom is 0.437 e. The number of nitrogens with one attached hydrogen (secondary N) is 1. The molecule has 1 aromatic heterocycles. The average molecular weight is 333 g/mol. The Morgan fingerprint density at radius 3 is 2.60 bits per heavy atom. The predicted octanol–water partition coefficient (Wildman–Crippen LogP) is 4.46. The number of carbonyl (C=O) groups is 1. The first-order chi connectivity index (χ1) is 12.3. The molecule has 1 N–H and O–H groups in total. The van der Waals surface area contributed by atoms with Crippen molar-refractivity contribution in [2.75, 3.05) is 5.32 Å². The Bertz CT molecular complexity index is 852. The van der Waals surface area contributed by atoms with Crippen molar-refractivity contribution in [1.82, 2.24) is 4.98 Å². The Morgan fingerprint density at radius 2 is 1.80 bits per heavy atom. The van der Waals surface area contributed by atoms with Gasteiger partial charge in [-0.1, -0.05) is 41.6 Å². The van der Waals surface area contributed by atoms with Crippen molar-refractivity contribution in [3.63, 3.8) is 0 Å². The van der Waals surface area contributed by atoms with Crippen LogP contribution < -0.4 is 10.1 Å². The molecule has 0 aliphatic carbocycles. The molecule has 0 unspecified atom stereocenters. The van der Waals surface area contributed by atoms with Crippen LogP contribution in [0, 0.1) is 0 Å². The summed E-state index contributed by atoms with van der Waals surface area (Å²) >= 11 is 0. The Hall–Kier alpha value is -3.67. The number of para-hydroxylation sites is 3. The number of aromatic nitrogens is 1. The highest BCUT2D eigenvalue weighted by Crippen LogP contribution is 2.29. The Labute approximate surface area is 144 Å². The van der Waals surface area contributed by atoms with Crippen LogP contribution in [0.1, 0.15) is 5.56 Å². The Morgan fingerprint density at radius 1 is 1.00 bits per heavy atom. The third-order valence-electron chi connectivity index (χ3n) is 3.12. The van der Waals surface area contributed by atoms with Crippen LogP contribution in [0.15, 0.2) is 84.3 Å². The van der Waals surface area contributed by atoms with Crippen LogP contribution in [0.5, 0.6) is 11.5 Å². The minimum atomic E-state index is -0.718. The van der Waals surface area contributed by atoms with Gasteiger partial charge >= 0.3 is 6.09 Å². The summed E-state index contributed by atoms with van der Waals surface area (Å²) in [5, 5.41) is 6.24. The summed E-state index contributed by atoms with van der Waals surface area (Å²) in [7, 11) is 0. The van der Waals surface area contributed by atoms with E-state index in [2.05, 4.69) is 15.5 Å². The molecule has 0 aliphatic heterocycles. The Kier molecular flexibility index (Phi) is 5.35. The topological polar surface area (TPSA) is 72.8 Å². The number of oxime groups is 1. The van der Waals surface area contributed by atoms with E-state index < -0.39 is 6.09 Å². The molecule has 1 amide bonds. The van der Waals surface area contributed by atoms with Gasteiger partial charge in [0.15, 0.2) is 5.75 Å². The molecule has 0 radical (unpaired) electrons. The number of amides is 1. The lowest BCUT2D eigenvalue weighted by atomic mass is 10.3. The summed E-state index contributed by atoms with van der Waals surface area (Å²) in [4.78, 5) is 20.6. The van der Waals surface area contributed by atoms with Crippen molar-refractivity contribution in [3.8, 4) is 11.5 Å². The number of pyridine rings is 1. The zero-order chi connectivity index (χ0) is 17.3. The van der Waals surface area contributed by atoms with E-state index in [0.717, 1.165) is 5.56 Å². The standard InChI is InChI=1S/C19H15N3O3/c23-19(25-21-14-15-7-6-12-20-13-15)22-17-10-4-5-11-18(17)24-16-8-2-1-3-9-16/h1-14H,(H,22,23)/b21-14+. The molecule has 3 rings (SSSR count). The lowest BCUT2D eigenvalue weighted by Crippen LogP contribution is -2.11. The van der Waals surface area contributed by atoms with E-state index in [-0.39, 0.29) is 0 Å². The van der Waals surface area contributed by atoms with Crippen LogP contribution in [0.3, 0.4) is 0 Å². The van der Waals surface area contributed by atoms with Gasteiger partial charge in [-0.15, -0.1) is 0 Å². The fourth-order valence-electron chi connectivity index (χ4n) is 1.99. The first-order valence-electron chi connectivity index (χ1n) is 7.54. The highest BCUT2D eigenvalue weighted by molar-refractivity contribution is 5.87. The molecule has 25 heavy (non-hydrogen) atoms. The van der Waals surface area contributed by atoms with Gasteiger partial charge in [0, 0.05) is 18.0 Å². The highest BCUT2D eigenvalue weighted by atomic mass is 16.7. The van der Waals surface area contributed by atoms with Crippen LogP contribution in [-0.4, -0.2) is 17.3 Å². The third-order valence-corrected chi connectivity index (χ3v) is 3.12. The zero-order valence-electron chi connectivity index (χ0n) is 13.2. The van der Waals surface area contributed by atoms with Crippen molar-refractivity contribution in [3.05, 3.63) is 84.7 Å². The van der Waals surface area contributed by atoms with Gasteiger partial charge < -0.3 is 4.74 Å². The molecule has 0 fully saturated rings. The van der Waals surface area contributed by atoms with Gasteiger partial charge in [0.05, 0.1) is 11.9 Å². The number of carbonyl (C=O) groups excluding carboxylic acids is 1. The molecule has 0 saturated carbocycles. The largest absolute Gasteiger partial charge is 0.455 e. The monoisotopic (exact) mass is 333 g/mol. The van der Waals surface area contributed by atoms with Crippen LogP contribution in [0.4, 0.5) is 10.5 Å². The van der Waals surface area contributed by atoms with Crippen LogP contribution in [0.25, 0.3) is 0 Å². The van der Waals surface area contributed by atoms with E-state index in [1.165, 1.54) is 6.21 Å². The second-order valence-electron chi connectivity index (χ2n) is 4.94. The molecule has 0 spiro atoms. The molecule has 3 aromatic rings. The molecule has 1 heterocycles. The highest BCUT2D eigenvalue weighted by Gasteiger charge is 2.09. The van der Waals surface area contributed by atoms with Crippen molar-refractivity contribution < 1.29 is 14.4 Å². The molecule has 6 heteroatoms.